The van der Waals surface area contributed by atoms with Gasteiger partial charge in [0.2, 0.25) is 0 Å². The Balaban J connectivity index is 0.000000921. The van der Waals surface area contributed by atoms with Gasteiger partial charge in [0.25, 0.3) is 0 Å². The van der Waals surface area contributed by atoms with E-state index >= 15 is 0 Å². The minimum absolute atomic E-state index is 0.0544. The largest absolute Gasteiger partial charge is 0.471 e. The average molecular weight is 226 g/mol. The Labute approximate surface area is 87.2 Å². The van der Waals surface area contributed by atoms with Crippen LogP contribution in [0.5, 0.6) is 0 Å². The first-order chi connectivity index (χ1) is 6.78. The molecule has 0 bridgehead atoms. The number of carbonyl (C=O) groups excluding carboxylic acids is 1. The Kier molecular flexibility index (Phi) is 4.58. The monoisotopic (exact) mass is 226 g/mol. The number of carbonyl (C=O) groups is 1. The summed E-state index contributed by atoms with van der Waals surface area (Å²) in [5, 5.41) is 2.04. The standard InChI is InChI=1S/C8H12F3NO.CH5N/c1-5(2)7(3-4-7)12-6(13)8(9,10)11;1-2/h5H,3-4H2,1-2H3,(H,12,13);2H2,1H3. The molecule has 0 aromatic heterocycles. The summed E-state index contributed by atoms with van der Waals surface area (Å²) in [6.45, 7) is 3.62. The zero-order chi connectivity index (χ0) is 12.3. The third kappa shape index (κ3) is 3.70. The molecule has 0 atom stereocenters. The molecule has 3 N–H and O–H groups in total. The third-order valence-corrected chi connectivity index (χ3v) is 2.51. The Hall–Kier alpha value is -0.780. The maximum Gasteiger partial charge on any atom is 0.471 e. The summed E-state index contributed by atoms with van der Waals surface area (Å²) in [5.74, 6) is -1.77. The predicted octanol–water partition coefficient (Wildman–Crippen LogP) is 1.43. The van der Waals surface area contributed by atoms with Gasteiger partial charge in [-0.1, -0.05) is 13.8 Å². The number of alkyl halides is 3. The molecule has 1 saturated carbocycles. The molecule has 0 heterocycles. The van der Waals surface area contributed by atoms with Crippen LogP contribution in [0.2, 0.25) is 0 Å². The molecule has 0 spiro atoms. The normalized spacial score (nSPS) is 17.9. The van der Waals surface area contributed by atoms with E-state index in [-0.39, 0.29) is 5.92 Å². The number of nitrogens with one attached hydrogen (secondary N) is 1. The van der Waals surface area contributed by atoms with Crippen LogP contribution in [-0.4, -0.2) is 24.7 Å². The van der Waals surface area contributed by atoms with Crippen molar-refractivity contribution in [3.05, 3.63) is 0 Å². The lowest BCUT2D eigenvalue weighted by molar-refractivity contribution is -0.175. The maximum atomic E-state index is 11.9. The van der Waals surface area contributed by atoms with Gasteiger partial charge < -0.3 is 11.1 Å². The van der Waals surface area contributed by atoms with E-state index < -0.39 is 17.6 Å². The van der Waals surface area contributed by atoms with E-state index in [0.29, 0.717) is 12.8 Å². The van der Waals surface area contributed by atoms with E-state index in [9.17, 15) is 18.0 Å². The van der Waals surface area contributed by atoms with Crippen molar-refractivity contribution in [2.24, 2.45) is 11.7 Å². The number of halogens is 3. The Morgan fingerprint density at radius 2 is 1.73 bits per heavy atom. The second-order valence-electron chi connectivity index (χ2n) is 3.76. The lowest BCUT2D eigenvalue weighted by atomic mass is 10.0. The van der Waals surface area contributed by atoms with E-state index in [1.54, 1.807) is 0 Å². The molecule has 1 rings (SSSR count). The van der Waals surface area contributed by atoms with Crippen molar-refractivity contribution in [3.63, 3.8) is 0 Å². The number of amides is 1. The molecule has 15 heavy (non-hydrogen) atoms. The second-order valence-corrected chi connectivity index (χ2v) is 3.76. The first-order valence-corrected chi connectivity index (χ1v) is 4.75. The molecule has 0 aromatic rings. The van der Waals surface area contributed by atoms with Crippen molar-refractivity contribution >= 4 is 5.91 Å². The highest BCUT2D eigenvalue weighted by Gasteiger charge is 2.51. The molecule has 0 radical (unpaired) electrons. The van der Waals surface area contributed by atoms with E-state index in [4.69, 9.17) is 0 Å². The van der Waals surface area contributed by atoms with Gasteiger partial charge >= 0.3 is 12.1 Å². The summed E-state index contributed by atoms with van der Waals surface area (Å²) < 4.78 is 35.6. The molecule has 0 saturated heterocycles. The van der Waals surface area contributed by atoms with Gasteiger partial charge in [-0.05, 0) is 25.8 Å². The quantitative estimate of drug-likeness (QED) is 0.748. The molecule has 1 aliphatic rings. The number of rotatable bonds is 2. The highest BCUT2D eigenvalue weighted by Crippen LogP contribution is 2.42. The number of hydrogen-bond acceptors (Lipinski definition) is 2. The zero-order valence-electron chi connectivity index (χ0n) is 9.11. The highest BCUT2D eigenvalue weighted by molar-refractivity contribution is 5.82. The molecule has 1 amide bonds. The average Bonchev–Trinajstić information content (AvgIpc) is 2.87. The third-order valence-electron chi connectivity index (χ3n) is 2.51. The van der Waals surface area contributed by atoms with Gasteiger partial charge in [0.05, 0.1) is 0 Å². The molecule has 90 valence electrons. The Bertz CT molecular complexity index is 222. The van der Waals surface area contributed by atoms with E-state index in [1.165, 1.54) is 7.05 Å². The molecule has 6 heteroatoms. The first kappa shape index (κ1) is 14.2. The topological polar surface area (TPSA) is 55.1 Å². The fourth-order valence-electron chi connectivity index (χ4n) is 1.28. The first-order valence-electron chi connectivity index (χ1n) is 4.75. The molecule has 1 aliphatic carbocycles. The van der Waals surface area contributed by atoms with Crippen LogP contribution >= 0.6 is 0 Å². The van der Waals surface area contributed by atoms with Gasteiger partial charge in [0, 0.05) is 5.54 Å². The summed E-state index contributed by atoms with van der Waals surface area (Å²) in [5.41, 5.74) is 3.91. The van der Waals surface area contributed by atoms with Crippen molar-refractivity contribution in [3.8, 4) is 0 Å². The minimum atomic E-state index is -4.76. The van der Waals surface area contributed by atoms with Crippen LogP contribution in [0.3, 0.4) is 0 Å². The van der Waals surface area contributed by atoms with Crippen LogP contribution in [0.15, 0.2) is 0 Å². The zero-order valence-corrected chi connectivity index (χ0v) is 9.11. The van der Waals surface area contributed by atoms with Gasteiger partial charge in [-0.2, -0.15) is 13.2 Å². The van der Waals surface area contributed by atoms with Crippen LogP contribution in [0.4, 0.5) is 13.2 Å². The fourth-order valence-corrected chi connectivity index (χ4v) is 1.28. The summed E-state index contributed by atoms with van der Waals surface area (Å²) in [4.78, 5) is 10.6. The Morgan fingerprint density at radius 3 is 1.93 bits per heavy atom. The lowest BCUT2D eigenvalue weighted by Crippen LogP contribution is -2.47. The summed E-state index contributed by atoms with van der Waals surface area (Å²) in [7, 11) is 1.50. The molecular weight excluding hydrogens is 209 g/mol. The summed E-state index contributed by atoms with van der Waals surface area (Å²) in [6, 6.07) is 0. The van der Waals surface area contributed by atoms with Gasteiger partial charge in [-0.25, -0.2) is 0 Å². The molecule has 0 aromatic carbocycles. The molecule has 1 fully saturated rings. The van der Waals surface area contributed by atoms with Crippen molar-refractivity contribution in [1.82, 2.24) is 5.32 Å². The Morgan fingerprint density at radius 1 is 1.33 bits per heavy atom. The van der Waals surface area contributed by atoms with E-state index in [0.717, 1.165) is 0 Å². The summed E-state index contributed by atoms with van der Waals surface area (Å²) >= 11 is 0. The highest BCUT2D eigenvalue weighted by atomic mass is 19.4. The van der Waals surface area contributed by atoms with E-state index in [2.05, 4.69) is 5.73 Å². The number of hydrogen-bond donors (Lipinski definition) is 2. The minimum Gasteiger partial charge on any atom is -0.343 e. The van der Waals surface area contributed by atoms with Gasteiger partial charge in [0.1, 0.15) is 0 Å². The van der Waals surface area contributed by atoms with Gasteiger partial charge in [-0.3, -0.25) is 4.79 Å². The molecule has 0 unspecified atom stereocenters. The second kappa shape index (κ2) is 4.83. The molecular formula is C9H17F3N2O. The van der Waals surface area contributed by atoms with Crippen LogP contribution in [-0.2, 0) is 4.79 Å². The summed E-state index contributed by atoms with van der Waals surface area (Å²) in [6.07, 6.45) is -3.47. The van der Waals surface area contributed by atoms with Crippen LogP contribution in [0.25, 0.3) is 0 Å². The van der Waals surface area contributed by atoms with Crippen molar-refractivity contribution in [2.75, 3.05) is 7.05 Å². The van der Waals surface area contributed by atoms with Crippen LogP contribution < -0.4 is 11.1 Å². The smallest absolute Gasteiger partial charge is 0.343 e. The lowest BCUT2D eigenvalue weighted by Gasteiger charge is -2.21. The molecule has 3 nitrogen and oxygen atoms in total. The van der Waals surface area contributed by atoms with Crippen molar-refractivity contribution in [1.29, 1.82) is 0 Å². The number of nitrogens with two attached hydrogens (primary N) is 1. The van der Waals surface area contributed by atoms with E-state index in [1.807, 2.05) is 19.2 Å². The predicted molar refractivity (Wildman–Crippen MR) is 51.1 cm³/mol. The van der Waals surface area contributed by atoms with Crippen LogP contribution in [0, 0.1) is 5.92 Å². The van der Waals surface area contributed by atoms with Crippen molar-refractivity contribution < 1.29 is 18.0 Å². The SMILES string of the molecule is CC(C)C1(NC(=O)C(F)(F)F)CC1.CN. The maximum absolute atomic E-state index is 11.9. The van der Waals surface area contributed by atoms with Gasteiger partial charge in [-0.15, -0.1) is 0 Å². The van der Waals surface area contributed by atoms with Crippen molar-refractivity contribution in [2.45, 2.75) is 38.4 Å². The van der Waals surface area contributed by atoms with Gasteiger partial charge in [0.15, 0.2) is 0 Å². The van der Waals surface area contributed by atoms with Crippen LogP contribution in [0.1, 0.15) is 26.7 Å². The fraction of sp³-hybridized carbons (Fsp3) is 0.889. The molecule has 0 aliphatic heterocycles.